The first-order valence-corrected chi connectivity index (χ1v) is 11.0. The highest BCUT2D eigenvalue weighted by atomic mass is 19.3. The molecule has 1 unspecified atom stereocenters. The zero-order valence-electron chi connectivity index (χ0n) is 19.5. The predicted molar refractivity (Wildman–Crippen MR) is 119 cm³/mol. The number of nitrogens with one attached hydrogen (secondary N) is 1. The van der Waals surface area contributed by atoms with E-state index < -0.39 is 23.6 Å². The van der Waals surface area contributed by atoms with Gasteiger partial charge in [-0.05, 0) is 26.3 Å². The lowest BCUT2D eigenvalue weighted by Gasteiger charge is -2.27. The van der Waals surface area contributed by atoms with Gasteiger partial charge in [-0.2, -0.15) is 8.78 Å². The minimum Gasteiger partial charge on any atom is -0.435 e. The van der Waals surface area contributed by atoms with Gasteiger partial charge in [0.2, 0.25) is 0 Å². The number of nitro groups is 1. The molecule has 0 bridgehead atoms. The van der Waals surface area contributed by atoms with E-state index >= 15 is 0 Å². The zero-order valence-corrected chi connectivity index (χ0v) is 19.5. The van der Waals surface area contributed by atoms with E-state index in [0.717, 1.165) is 25.7 Å². The Morgan fingerprint density at radius 1 is 1.12 bits per heavy atom. The molecule has 0 spiro atoms. The maximum atomic E-state index is 13.0. The fourth-order valence-electron chi connectivity index (χ4n) is 3.59. The van der Waals surface area contributed by atoms with Gasteiger partial charge in [0, 0.05) is 12.2 Å². The lowest BCUT2D eigenvalue weighted by Crippen LogP contribution is -2.30. The van der Waals surface area contributed by atoms with Crippen molar-refractivity contribution in [1.29, 1.82) is 0 Å². The highest BCUT2D eigenvalue weighted by Gasteiger charge is 2.41. The molecule has 1 N–H and O–H groups in total. The van der Waals surface area contributed by atoms with Crippen molar-refractivity contribution in [3.05, 3.63) is 62.8 Å². The third-order valence-electron chi connectivity index (χ3n) is 5.09. The molecule has 9 nitrogen and oxygen atoms in total. The summed E-state index contributed by atoms with van der Waals surface area (Å²) in [7, 11) is 0. The monoisotopic (exact) mass is 484 g/mol. The topological polar surface area (TPSA) is 109 Å². The minimum absolute atomic E-state index is 0.0490. The summed E-state index contributed by atoms with van der Waals surface area (Å²) < 4.78 is 46.3. The van der Waals surface area contributed by atoms with E-state index in [0.29, 0.717) is 12.3 Å². The summed E-state index contributed by atoms with van der Waals surface area (Å²) in [4.78, 5) is 23.5. The molecule has 34 heavy (non-hydrogen) atoms. The Kier molecular flexibility index (Phi) is 10.7. The Morgan fingerprint density at radius 3 is 2.53 bits per heavy atom. The van der Waals surface area contributed by atoms with Crippen molar-refractivity contribution in [3.63, 3.8) is 0 Å². The smallest absolute Gasteiger partial charge is 0.435 e. The van der Waals surface area contributed by atoms with Crippen LogP contribution in [0, 0.1) is 10.1 Å². The maximum absolute atomic E-state index is 13.0. The molecule has 1 aliphatic heterocycles. The molecule has 0 fully saturated rings. The van der Waals surface area contributed by atoms with Gasteiger partial charge >= 0.3 is 12.8 Å². The third kappa shape index (κ3) is 7.68. The van der Waals surface area contributed by atoms with Gasteiger partial charge in [0.15, 0.2) is 0 Å². The number of dihydropyridines is 1. The van der Waals surface area contributed by atoms with Crippen molar-refractivity contribution in [2.24, 2.45) is 0 Å². The molecule has 0 saturated heterocycles. The number of carbonyl (C=O) groups is 1. The largest absolute Gasteiger partial charge is 0.513 e. The predicted octanol–water partition coefficient (Wildman–Crippen LogP) is 5.46. The Morgan fingerprint density at radius 2 is 1.85 bits per heavy atom. The summed E-state index contributed by atoms with van der Waals surface area (Å²) in [5.41, 5.74) is 0.155. The Hall–Kier alpha value is -3.21. The average molecular weight is 484 g/mol. The van der Waals surface area contributed by atoms with Gasteiger partial charge in [-0.3, -0.25) is 10.1 Å². The summed E-state index contributed by atoms with van der Waals surface area (Å²) in [5.74, 6) is -1.70. The summed E-state index contributed by atoms with van der Waals surface area (Å²) in [6.45, 7) is 2.63. The number of para-hydroxylation sites is 1. The lowest BCUT2D eigenvalue weighted by molar-refractivity contribution is -0.431. The van der Waals surface area contributed by atoms with Gasteiger partial charge in [0.05, 0.1) is 22.9 Å². The van der Waals surface area contributed by atoms with Gasteiger partial charge in [0.25, 0.3) is 5.70 Å². The minimum atomic E-state index is -3.15. The van der Waals surface area contributed by atoms with Gasteiger partial charge < -0.3 is 24.3 Å². The molecule has 2 rings (SSSR count). The van der Waals surface area contributed by atoms with Gasteiger partial charge in [0.1, 0.15) is 24.0 Å². The van der Waals surface area contributed by atoms with Crippen molar-refractivity contribution in [3.8, 4) is 5.75 Å². The Balaban J connectivity index is 2.16. The second-order valence-electron chi connectivity index (χ2n) is 7.60. The molecule has 1 aliphatic rings. The molecular formula is C23H30F2N2O7. The van der Waals surface area contributed by atoms with Crippen LogP contribution in [-0.2, 0) is 14.2 Å². The average Bonchev–Trinajstić information content (AvgIpc) is 2.77. The van der Waals surface area contributed by atoms with E-state index in [1.54, 1.807) is 6.92 Å². The molecule has 0 aliphatic carbocycles. The molecule has 188 valence electrons. The van der Waals surface area contributed by atoms with Crippen LogP contribution >= 0.6 is 0 Å². The number of rotatable bonds is 13. The van der Waals surface area contributed by atoms with Crippen molar-refractivity contribution >= 4 is 6.16 Å². The van der Waals surface area contributed by atoms with Gasteiger partial charge in [-0.1, -0.05) is 44.4 Å². The van der Waals surface area contributed by atoms with E-state index in [-0.39, 0.29) is 41.7 Å². The van der Waals surface area contributed by atoms with E-state index in [2.05, 4.69) is 17.0 Å². The van der Waals surface area contributed by atoms with Crippen LogP contribution in [0.15, 0.2) is 47.1 Å². The van der Waals surface area contributed by atoms with Crippen LogP contribution < -0.4 is 10.1 Å². The van der Waals surface area contributed by atoms with Crippen LogP contribution in [0.2, 0.25) is 0 Å². The molecule has 0 saturated carbocycles. The molecule has 11 heteroatoms. The number of benzene rings is 1. The number of halogens is 2. The first kappa shape index (κ1) is 27.0. The Bertz CT molecular complexity index is 918. The molecule has 1 aromatic carbocycles. The summed E-state index contributed by atoms with van der Waals surface area (Å²) in [5, 5.41) is 14.7. The number of carbonyl (C=O) groups excluding carboxylic acids is 1. The molecule has 1 aromatic rings. The number of hydrogen-bond acceptors (Lipinski definition) is 8. The SMILES string of the molecule is CCCCCCOCCOC(=O)OC1=C(C)NC(C)=C([N+](=O)[O-])C1c1ccccc1OC(F)F. The molecular weight excluding hydrogens is 454 g/mol. The molecule has 1 atom stereocenters. The molecule has 0 aromatic heterocycles. The van der Waals surface area contributed by atoms with Crippen molar-refractivity contribution in [2.75, 3.05) is 19.8 Å². The first-order valence-electron chi connectivity index (χ1n) is 11.0. The van der Waals surface area contributed by atoms with Crippen molar-refractivity contribution in [1.82, 2.24) is 5.32 Å². The highest BCUT2D eigenvalue weighted by Crippen LogP contribution is 2.42. The fraction of sp³-hybridized carbons (Fsp3) is 0.522. The van der Waals surface area contributed by atoms with Crippen LogP contribution in [-0.4, -0.2) is 37.5 Å². The molecule has 0 radical (unpaired) electrons. The van der Waals surface area contributed by atoms with Crippen LogP contribution in [0.3, 0.4) is 0 Å². The standard InChI is InChI=1S/C23H30F2N2O7/c1-4-5-6-9-12-31-13-14-32-23(28)34-21-16(3)26-15(2)20(27(29)30)19(21)17-10-7-8-11-18(17)33-22(24)25/h7-8,10-11,19,22,26H,4-6,9,12-14H2,1-3H3. The summed E-state index contributed by atoms with van der Waals surface area (Å²) in [6.07, 6.45) is 3.12. The quantitative estimate of drug-likeness (QED) is 0.170. The van der Waals surface area contributed by atoms with Crippen molar-refractivity contribution < 1.29 is 37.4 Å². The zero-order chi connectivity index (χ0) is 25.1. The number of nitrogens with zero attached hydrogens (tertiary/aromatic N) is 1. The normalized spacial score (nSPS) is 15.9. The van der Waals surface area contributed by atoms with Crippen LogP contribution in [0.25, 0.3) is 0 Å². The fourth-order valence-corrected chi connectivity index (χ4v) is 3.59. The van der Waals surface area contributed by atoms with Crippen molar-refractivity contribution in [2.45, 2.75) is 59.0 Å². The number of alkyl halides is 2. The van der Waals surface area contributed by atoms with Crippen LogP contribution in [0.5, 0.6) is 5.75 Å². The lowest BCUT2D eigenvalue weighted by atomic mass is 9.89. The van der Waals surface area contributed by atoms with Gasteiger partial charge in [-0.15, -0.1) is 0 Å². The van der Waals surface area contributed by atoms with Crippen LogP contribution in [0.4, 0.5) is 13.6 Å². The highest BCUT2D eigenvalue weighted by molar-refractivity contribution is 5.63. The van der Waals surface area contributed by atoms with E-state index in [1.807, 2.05) is 0 Å². The third-order valence-corrected chi connectivity index (χ3v) is 5.09. The second-order valence-corrected chi connectivity index (χ2v) is 7.60. The van der Waals surface area contributed by atoms with Gasteiger partial charge in [-0.25, -0.2) is 4.79 Å². The van der Waals surface area contributed by atoms with E-state index in [4.69, 9.17) is 14.2 Å². The number of unbranched alkanes of at least 4 members (excludes halogenated alkanes) is 3. The van der Waals surface area contributed by atoms with E-state index in [9.17, 15) is 23.7 Å². The number of hydrogen-bond donors (Lipinski definition) is 1. The first-order chi connectivity index (χ1) is 16.3. The summed E-state index contributed by atoms with van der Waals surface area (Å²) in [6, 6.07) is 5.64. The number of allylic oxidation sites excluding steroid dienone is 2. The Labute approximate surface area is 196 Å². The van der Waals surface area contributed by atoms with Crippen LogP contribution in [0.1, 0.15) is 57.9 Å². The number of ether oxygens (including phenoxy) is 4. The second kappa shape index (κ2) is 13.5. The molecule has 0 amide bonds. The summed E-state index contributed by atoms with van der Waals surface area (Å²) >= 11 is 0. The molecule has 1 heterocycles. The maximum Gasteiger partial charge on any atom is 0.513 e. The van der Waals surface area contributed by atoms with E-state index in [1.165, 1.54) is 31.2 Å².